The van der Waals surface area contributed by atoms with Gasteiger partial charge in [0.2, 0.25) is 0 Å². The first kappa shape index (κ1) is 13.0. The summed E-state index contributed by atoms with van der Waals surface area (Å²) in [6, 6.07) is 8.14. The Balaban J connectivity index is 2.35. The van der Waals surface area contributed by atoms with Gasteiger partial charge in [-0.1, -0.05) is 6.92 Å². The fourth-order valence-electron chi connectivity index (χ4n) is 1.58. The van der Waals surface area contributed by atoms with E-state index >= 15 is 0 Å². The summed E-state index contributed by atoms with van der Waals surface area (Å²) in [5.74, 6) is 1.30. The Morgan fingerprint density at radius 1 is 1.22 bits per heavy atom. The molecule has 0 fully saturated rings. The van der Waals surface area contributed by atoms with Crippen molar-refractivity contribution >= 4 is 27.4 Å². The van der Waals surface area contributed by atoms with Gasteiger partial charge in [0.05, 0.1) is 0 Å². The second-order valence-corrected chi connectivity index (χ2v) is 4.67. The van der Waals surface area contributed by atoms with E-state index in [0.717, 1.165) is 28.4 Å². The summed E-state index contributed by atoms with van der Waals surface area (Å²) in [4.78, 5) is 10.6. The molecule has 0 aliphatic rings. The second-order valence-electron chi connectivity index (χ2n) is 3.85. The quantitative estimate of drug-likeness (QED) is 0.809. The second kappa shape index (κ2) is 5.44. The number of nitrogens with zero attached hydrogens (tertiary/aromatic N) is 3. The molecular weight excluding hydrogens is 297 g/mol. The molecule has 0 N–H and O–H groups in total. The van der Waals surface area contributed by atoms with Gasteiger partial charge in [0.1, 0.15) is 22.1 Å². The maximum absolute atomic E-state index is 12.9. The largest absolute Gasteiger partial charge is 0.329 e. The molecule has 2 aromatic rings. The minimum atomic E-state index is -0.245. The molecule has 0 bridgehead atoms. The van der Waals surface area contributed by atoms with E-state index in [9.17, 15) is 4.39 Å². The van der Waals surface area contributed by atoms with Crippen LogP contribution >= 0.6 is 15.9 Å². The van der Waals surface area contributed by atoms with Crippen LogP contribution in [-0.2, 0) is 6.42 Å². The average molecular weight is 310 g/mol. The van der Waals surface area contributed by atoms with Crippen molar-refractivity contribution in [2.75, 3.05) is 11.9 Å². The van der Waals surface area contributed by atoms with Crippen LogP contribution in [0.25, 0.3) is 0 Å². The minimum absolute atomic E-state index is 0.245. The van der Waals surface area contributed by atoms with Crippen LogP contribution in [0.5, 0.6) is 0 Å². The van der Waals surface area contributed by atoms with Gasteiger partial charge in [0, 0.05) is 25.2 Å². The molecule has 5 heteroatoms. The van der Waals surface area contributed by atoms with E-state index < -0.39 is 0 Å². The highest BCUT2D eigenvalue weighted by molar-refractivity contribution is 9.10. The van der Waals surface area contributed by atoms with Crippen molar-refractivity contribution in [1.29, 1.82) is 0 Å². The van der Waals surface area contributed by atoms with E-state index in [1.165, 1.54) is 12.1 Å². The van der Waals surface area contributed by atoms with E-state index in [1.54, 1.807) is 12.1 Å². The predicted molar refractivity (Wildman–Crippen MR) is 73.6 cm³/mol. The van der Waals surface area contributed by atoms with Crippen LogP contribution in [0.15, 0.2) is 34.9 Å². The molecule has 0 amide bonds. The zero-order chi connectivity index (χ0) is 13.1. The van der Waals surface area contributed by atoms with Crippen molar-refractivity contribution in [1.82, 2.24) is 9.97 Å². The van der Waals surface area contributed by atoms with Crippen LogP contribution in [0, 0.1) is 5.82 Å². The lowest BCUT2D eigenvalue weighted by molar-refractivity contribution is 0.628. The number of hydrogen-bond acceptors (Lipinski definition) is 3. The number of aromatic nitrogens is 2. The zero-order valence-electron chi connectivity index (χ0n) is 10.2. The SMILES string of the molecule is CCc1nc(Br)cc(N(C)c2ccc(F)cc2)n1. The Morgan fingerprint density at radius 3 is 2.50 bits per heavy atom. The Bertz CT molecular complexity index is 542. The molecule has 0 unspecified atom stereocenters. The Kier molecular flexibility index (Phi) is 3.91. The Morgan fingerprint density at radius 2 is 1.89 bits per heavy atom. The number of hydrogen-bond donors (Lipinski definition) is 0. The molecule has 3 nitrogen and oxygen atoms in total. The molecule has 94 valence electrons. The van der Waals surface area contributed by atoms with Crippen molar-refractivity contribution in [2.24, 2.45) is 0 Å². The monoisotopic (exact) mass is 309 g/mol. The summed E-state index contributed by atoms with van der Waals surface area (Å²) < 4.78 is 13.6. The van der Waals surface area contributed by atoms with Gasteiger partial charge < -0.3 is 4.90 Å². The average Bonchev–Trinajstić information content (AvgIpc) is 2.38. The topological polar surface area (TPSA) is 29.0 Å². The Hall–Kier alpha value is -1.49. The Labute approximate surface area is 114 Å². The van der Waals surface area contributed by atoms with E-state index in [1.807, 2.05) is 24.9 Å². The number of halogens is 2. The van der Waals surface area contributed by atoms with Crippen LogP contribution in [0.3, 0.4) is 0 Å². The number of rotatable bonds is 3. The zero-order valence-corrected chi connectivity index (χ0v) is 11.8. The van der Waals surface area contributed by atoms with E-state index in [2.05, 4.69) is 25.9 Å². The highest BCUT2D eigenvalue weighted by atomic mass is 79.9. The summed E-state index contributed by atoms with van der Waals surface area (Å²) in [5, 5.41) is 0. The lowest BCUT2D eigenvalue weighted by Gasteiger charge is -2.18. The molecular formula is C13H13BrFN3. The van der Waals surface area contributed by atoms with Gasteiger partial charge >= 0.3 is 0 Å². The summed E-state index contributed by atoms with van der Waals surface area (Å²) in [6.07, 6.45) is 0.768. The first-order valence-corrected chi connectivity index (χ1v) is 6.42. The van der Waals surface area contributed by atoms with Crippen molar-refractivity contribution in [3.05, 3.63) is 46.6 Å². The first-order valence-electron chi connectivity index (χ1n) is 5.63. The van der Waals surface area contributed by atoms with Gasteiger partial charge in [-0.25, -0.2) is 14.4 Å². The summed E-state index contributed by atoms with van der Waals surface area (Å²) >= 11 is 3.37. The minimum Gasteiger partial charge on any atom is -0.329 e. The molecule has 1 aromatic heterocycles. The van der Waals surface area contributed by atoms with Gasteiger partial charge in [-0.15, -0.1) is 0 Å². The third kappa shape index (κ3) is 2.85. The molecule has 18 heavy (non-hydrogen) atoms. The number of benzene rings is 1. The van der Waals surface area contributed by atoms with Crippen molar-refractivity contribution in [3.8, 4) is 0 Å². The molecule has 2 rings (SSSR count). The van der Waals surface area contributed by atoms with E-state index in [0.29, 0.717) is 0 Å². The molecule has 0 aliphatic carbocycles. The predicted octanol–water partition coefficient (Wildman–Crippen LogP) is 3.71. The molecule has 0 radical (unpaired) electrons. The van der Waals surface area contributed by atoms with Gasteiger partial charge in [-0.05, 0) is 40.2 Å². The van der Waals surface area contributed by atoms with Crippen molar-refractivity contribution in [3.63, 3.8) is 0 Å². The molecule has 0 aliphatic heterocycles. The van der Waals surface area contributed by atoms with Gasteiger partial charge in [-0.3, -0.25) is 0 Å². The lowest BCUT2D eigenvalue weighted by atomic mass is 10.3. The van der Waals surface area contributed by atoms with E-state index in [4.69, 9.17) is 0 Å². The van der Waals surface area contributed by atoms with Crippen LogP contribution < -0.4 is 4.90 Å². The van der Waals surface area contributed by atoms with Crippen LogP contribution in [0.1, 0.15) is 12.7 Å². The van der Waals surface area contributed by atoms with Crippen molar-refractivity contribution in [2.45, 2.75) is 13.3 Å². The summed E-state index contributed by atoms with van der Waals surface area (Å²) in [5.41, 5.74) is 0.879. The molecule has 1 heterocycles. The highest BCUT2D eigenvalue weighted by Gasteiger charge is 2.08. The summed E-state index contributed by atoms with van der Waals surface area (Å²) in [6.45, 7) is 2.00. The molecule has 1 aromatic carbocycles. The number of aryl methyl sites for hydroxylation is 1. The van der Waals surface area contributed by atoms with Crippen LogP contribution in [0.4, 0.5) is 15.9 Å². The molecule has 0 spiro atoms. The number of anilines is 2. The smallest absolute Gasteiger partial charge is 0.137 e. The third-order valence-electron chi connectivity index (χ3n) is 2.60. The maximum atomic E-state index is 12.9. The standard InChI is InChI=1S/C13H13BrFN3/c1-3-12-16-11(14)8-13(17-12)18(2)10-6-4-9(15)5-7-10/h4-8H,3H2,1-2H3. The first-order chi connectivity index (χ1) is 8.60. The molecule has 0 atom stereocenters. The third-order valence-corrected chi connectivity index (χ3v) is 3.01. The molecule has 0 saturated heterocycles. The maximum Gasteiger partial charge on any atom is 0.137 e. The highest BCUT2D eigenvalue weighted by Crippen LogP contribution is 2.24. The van der Waals surface area contributed by atoms with Crippen LogP contribution in [0.2, 0.25) is 0 Å². The lowest BCUT2D eigenvalue weighted by Crippen LogP contribution is -2.12. The normalized spacial score (nSPS) is 10.4. The van der Waals surface area contributed by atoms with Crippen LogP contribution in [-0.4, -0.2) is 17.0 Å². The molecule has 0 saturated carbocycles. The van der Waals surface area contributed by atoms with Gasteiger partial charge in [-0.2, -0.15) is 0 Å². The summed E-state index contributed by atoms with van der Waals surface area (Å²) in [7, 11) is 1.89. The fourth-order valence-corrected chi connectivity index (χ4v) is 1.99. The van der Waals surface area contributed by atoms with E-state index in [-0.39, 0.29) is 5.82 Å². The van der Waals surface area contributed by atoms with Gasteiger partial charge in [0.25, 0.3) is 0 Å². The fraction of sp³-hybridized carbons (Fsp3) is 0.231. The van der Waals surface area contributed by atoms with Crippen molar-refractivity contribution < 1.29 is 4.39 Å². The van der Waals surface area contributed by atoms with Gasteiger partial charge in [0.15, 0.2) is 0 Å².